The summed E-state index contributed by atoms with van der Waals surface area (Å²) in [4.78, 5) is 10.9. The minimum absolute atomic E-state index is 0.0705. The molecule has 2 heterocycles. The van der Waals surface area contributed by atoms with Gasteiger partial charge in [-0.3, -0.25) is 14.9 Å². The Morgan fingerprint density at radius 2 is 1.88 bits per heavy atom. The Balaban J connectivity index is 1.61. The molecule has 1 aromatic carbocycles. The first-order chi connectivity index (χ1) is 12.7. The maximum atomic E-state index is 10.1. The first kappa shape index (κ1) is 18.5. The van der Waals surface area contributed by atoms with Crippen LogP contribution in [0, 0.1) is 6.92 Å². The number of rotatable bonds is 6. The molecular weight excluding hydrogens is 330 g/mol. The highest BCUT2D eigenvalue weighted by atomic mass is 16.5. The molecule has 0 spiro atoms. The second kappa shape index (κ2) is 8.89. The number of aromatic hydroxyl groups is 1. The Hall–Kier alpha value is -2.28. The molecule has 0 bridgehead atoms. The zero-order chi connectivity index (χ0) is 18.4. The number of morpholine rings is 1. The van der Waals surface area contributed by atoms with Gasteiger partial charge >= 0.3 is 0 Å². The zero-order valence-electron chi connectivity index (χ0n) is 15.1. The normalized spacial score (nSPS) is 15.6. The lowest BCUT2D eigenvalue weighted by Gasteiger charge is -2.26. The van der Waals surface area contributed by atoms with E-state index in [2.05, 4.69) is 39.1 Å². The molecule has 0 amide bonds. The Bertz CT molecular complexity index is 754. The molecule has 0 aliphatic carbocycles. The van der Waals surface area contributed by atoms with Crippen LogP contribution in [0.3, 0.4) is 0 Å². The third-order valence-electron chi connectivity index (χ3n) is 4.56. The quantitative estimate of drug-likeness (QED) is 0.776. The van der Waals surface area contributed by atoms with E-state index >= 15 is 0 Å². The maximum Gasteiger partial charge on any atom is 0.145 e. The van der Waals surface area contributed by atoms with Crippen molar-refractivity contribution in [3.05, 3.63) is 58.4 Å². The van der Waals surface area contributed by atoms with E-state index < -0.39 is 0 Å². The molecule has 6 nitrogen and oxygen atoms in total. The van der Waals surface area contributed by atoms with E-state index in [9.17, 15) is 10.2 Å². The molecule has 1 saturated heterocycles. The molecule has 0 unspecified atom stereocenters. The van der Waals surface area contributed by atoms with Crippen LogP contribution in [0.4, 0.5) is 0 Å². The van der Waals surface area contributed by atoms with Gasteiger partial charge in [0.05, 0.1) is 32.1 Å². The largest absolute Gasteiger partial charge is 0.505 e. The van der Waals surface area contributed by atoms with Crippen LogP contribution in [-0.4, -0.2) is 52.6 Å². The molecule has 2 N–H and O–H groups in total. The van der Waals surface area contributed by atoms with E-state index in [1.54, 1.807) is 19.3 Å². The van der Waals surface area contributed by atoms with Gasteiger partial charge in [-0.15, -0.1) is 0 Å². The molecule has 0 saturated carbocycles. The number of aliphatic hydroxyl groups is 1. The molecule has 3 rings (SSSR count). The van der Waals surface area contributed by atoms with Crippen molar-refractivity contribution in [1.29, 1.82) is 0 Å². The summed E-state index contributed by atoms with van der Waals surface area (Å²) in [5, 5.41) is 19.5. The number of pyridine rings is 1. The van der Waals surface area contributed by atoms with Crippen LogP contribution in [0.1, 0.15) is 27.9 Å². The van der Waals surface area contributed by atoms with Crippen LogP contribution in [0.15, 0.2) is 35.5 Å². The summed E-state index contributed by atoms with van der Waals surface area (Å²) >= 11 is 0. The summed E-state index contributed by atoms with van der Waals surface area (Å²) in [5.41, 5.74) is 4.00. The summed E-state index contributed by atoms with van der Waals surface area (Å²) in [6.45, 7) is 6.58. The van der Waals surface area contributed by atoms with E-state index in [-0.39, 0.29) is 12.4 Å². The molecule has 0 atom stereocenters. The number of aliphatic hydroxyl groups excluding tert-OH is 1. The van der Waals surface area contributed by atoms with Crippen LogP contribution < -0.4 is 0 Å². The van der Waals surface area contributed by atoms with Crippen molar-refractivity contribution in [2.75, 3.05) is 26.3 Å². The van der Waals surface area contributed by atoms with E-state index in [0.29, 0.717) is 23.4 Å². The molecule has 1 aliphatic rings. The lowest BCUT2D eigenvalue weighted by Crippen LogP contribution is -2.35. The Labute approximate surface area is 153 Å². The first-order valence-corrected chi connectivity index (χ1v) is 8.83. The lowest BCUT2D eigenvalue weighted by atomic mass is 10.1. The Morgan fingerprint density at radius 3 is 2.58 bits per heavy atom. The summed E-state index contributed by atoms with van der Waals surface area (Å²) in [7, 11) is 0. The van der Waals surface area contributed by atoms with Gasteiger partial charge in [-0.25, -0.2) is 0 Å². The third-order valence-corrected chi connectivity index (χ3v) is 4.56. The second-order valence-electron chi connectivity index (χ2n) is 6.46. The molecule has 138 valence electrons. The number of benzene rings is 1. The smallest absolute Gasteiger partial charge is 0.145 e. The molecule has 0 radical (unpaired) electrons. The van der Waals surface area contributed by atoms with Crippen LogP contribution in [0.2, 0.25) is 0 Å². The number of aliphatic imine (C=N–C) groups is 1. The highest BCUT2D eigenvalue weighted by Crippen LogP contribution is 2.22. The van der Waals surface area contributed by atoms with Crippen molar-refractivity contribution in [2.45, 2.75) is 26.6 Å². The Morgan fingerprint density at radius 1 is 1.19 bits per heavy atom. The van der Waals surface area contributed by atoms with Crippen molar-refractivity contribution in [3.63, 3.8) is 0 Å². The highest BCUT2D eigenvalue weighted by Gasteiger charge is 2.11. The number of ether oxygens (including phenoxy) is 1. The van der Waals surface area contributed by atoms with Crippen molar-refractivity contribution in [2.24, 2.45) is 4.99 Å². The van der Waals surface area contributed by atoms with Gasteiger partial charge in [0, 0.05) is 43.2 Å². The number of aromatic nitrogens is 1. The number of aryl methyl sites for hydroxylation is 1. The summed E-state index contributed by atoms with van der Waals surface area (Å²) in [6.07, 6.45) is 3.17. The molecular formula is C20H25N3O3. The first-order valence-electron chi connectivity index (χ1n) is 8.83. The van der Waals surface area contributed by atoms with E-state index in [1.165, 1.54) is 5.56 Å². The topological polar surface area (TPSA) is 78.2 Å². The summed E-state index contributed by atoms with van der Waals surface area (Å²) < 4.78 is 5.37. The van der Waals surface area contributed by atoms with E-state index in [0.717, 1.165) is 38.4 Å². The van der Waals surface area contributed by atoms with E-state index in [1.807, 2.05) is 0 Å². The lowest BCUT2D eigenvalue weighted by molar-refractivity contribution is 0.0342. The molecule has 6 heteroatoms. The van der Waals surface area contributed by atoms with Gasteiger partial charge in [0.1, 0.15) is 5.75 Å². The van der Waals surface area contributed by atoms with Crippen LogP contribution in [0.25, 0.3) is 0 Å². The molecule has 26 heavy (non-hydrogen) atoms. The third kappa shape index (κ3) is 4.66. The van der Waals surface area contributed by atoms with Crippen molar-refractivity contribution < 1.29 is 14.9 Å². The van der Waals surface area contributed by atoms with Gasteiger partial charge < -0.3 is 14.9 Å². The molecule has 2 aromatic rings. The minimum Gasteiger partial charge on any atom is -0.505 e. The zero-order valence-corrected chi connectivity index (χ0v) is 15.1. The van der Waals surface area contributed by atoms with Gasteiger partial charge in [-0.1, -0.05) is 24.3 Å². The van der Waals surface area contributed by atoms with Crippen molar-refractivity contribution in [3.8, 4) is 5.75 Å². The number of nitrogens with zero attached hydrogens (tertiary/aromatic N) is 3. The fraction of sp³-hybridized carbons (Fsp3) is 0.400. The molecule has 1 fully saturated rings. The fourth-order valence-corrected chi connectivity index (χ4v) is 2.93. The van der Waals surface area contributed by atoms with Crippen molar-refractivity contribution in [1.82, 2.24) is 9.88 Å². The van der Waals surface area contributed by atoms with Crippen LogP contribution >= 0.6 is 0 Å². The molecule has 1 aliphatic heterocycles. The Kier molecular flexibility index (Phi) is 6.33. The number of hydrogen-bond acceptors (Lipinski definition) is 6. The standard InChI is InChI=1S/C20H25N3O3/c1-15-20(25)19(18(14-24)11-22-15)12-21-10-16-2-4-17(5-3-16)13-23-6-8-26-9-7-23/h2-5,11-12,24-25H,6-10,13-14H2,1H3. The van der Waals surface area contributed by atoms with Crippen molar-refractivity contribution >= 4 is 6.21 Å². The molecule has 1 aromatic heterocycles. The van der Waals surface area contributed by atoms with Gasteiger partial charge in [-0.2, -0.15) is 0 Å². The predicted molar refractivity (Wildman–Crippen MR) is 100 cm³/mol. The minimum atomic E-state index is -0.182. The average Bonchev–Trinajstić information content (AvgIpc) is 2.67. The summed E-state index contributed by atoms with van der Waals surface area (Å²) in [5.74, 6) is 0.0705. The second-order valence-corrected chi connectivity index (χ2v) is 6.46. The van der Waals surface area contributed by atoms with Gasteiger partial charge in [-0.05, 0) is 18.1 Å². The maximum absolute atomic E-state index is 10.1. The fourth-order valence-electron chi connectivity index (χ4n) is 2.93. The van der Waals surface area contributed by atoms with Crippen LogP contribution in [0.5, 0.6) is 5.75 Å². The average molecular weight is 355 g/mol. The van der Waals surface area contributed by atoms with Gasteiger partial charge in [0.15, 0.2) is 0 Å². The highest BCUT2D eigenvalue weighted by molar-refractivity contribution is 5.85. The monoisotopic (exact) mass is 355 g/mol. The summed E-state index contributed by atoms with van der Waals surface area (Å²) in [6, 6.07) is 8.43. The van der Waals surface area contributed by atoms with Gasteiger partial charge in [0.25, 0.3) is 0 Å². The number of hydrogen-bond donors (Lipinski definition) is 2. The predicted octanol–water partition coefficient (Wildman–Crippen LogP) is 2.04. The van der Waals surface area contributed by atoms with E-state index in [4.69, 9.17) is 4.74 Å². The van der Waals surface area contributed by atoms with Gasteiger partial charge in [0.2, 0.25) is 0 Å². The SMILES string of the molecule is Cc1ncc(CO)c(C=NCc2ccc(CN3CCOCC3)cc2)c1O. The van der Waals surface area contributed by atoms with Crippen LogP contribution in [-0.2, 0) is 24.4 Å².